The number of carbonyl (C=O) groups excluding carboxylic acids is 1. The van der Waals surface area contributed by atoms with Crippen LogP contribution in [0.5, 0.6) is 11.5 Å². The van der Waals surface area contributed by atoms with Crippen LogP contribution in [0, 0.1) is 6.92 Å². The van der Waals surface area contributed by atoms with E-state index in [9.17, 15) is 4.79 Å². The van der Waals surface area contributed by atoms with Crippen molar-refractivity contribution in [2.24, 2.45) is 0 Å². The van der Waals surface area contributed by atoms with Gasteiger partial charge >= 0.3 is 0 Å². The lowest BCUT2D eigenvalue weighted by atomic mass is 10.2. The van der Waals surface area contributed by atoms with Crippen LogP contribution in [-0.4, -0.2) is 28.7 Å². The Hall–Kier alpha value is -3.51. The molecular formula is C26H26ClN3O3. The first-order valence-electron chi connectivity index (χ1n) is 10.9. The zero-order chi connectivity index (χ0) is 23.0. The van der Waals surface area contributed by atoms with Gasteiger partial charge in [0.05, 0.1) is 24.2 Å². The van der Waals surface area contributed by atoms with Crippen molar-refractivity contribution in [2.45, 2.75) is 26.4 Å². The van der Waals surface area contributed by atoms with E-state index in [1.807, 2.05) is 48.5 Å². The number of rotatable bonds is 10. The van der Waals surface area contributed by atoms with Crippen molar-refractivity contribution < 1.29 is 14.3 Å². The highest BCUT2D eigenvalue weighted by Gasteiger charge is 2.12. The van der Waals surface area contributed by atoms with Gasteiger partial charge in [-0.3, -0.25) is 4.79 Å². The lowest BCUT2D eigenvalue weighted by Gasteiger charge is -2.12. The summed E-state index contributed by atoms with van der Waals surface area (Å²) >= 11 is 5.87. The van der Waals surface area contributed by atoms with Crippen molar-refractivity contribution in [3.05, 3.63) is 89.2 Å². The van der Waals surface area contributed by atoms with Crippen LogP contribution in [0.3, 0.4) is 0 Å². The van der Waals surface area contributed by atoms with Gasteiger partial charge in [0.1, 0.15) is 17.3 Å². The van der Waals surface area contributed by atoms with E-state index in [0.29, 0.717) is 23.9 Å². The van der Waals surface area contributed by atoms with Crippen molar-refractivity contribution in [3.8, 4) is 11.5 Å². The standard InChI is InChI=1S/C26H26ClN3O3/c1-19-7-11-21(12-8-19)32-16-4-15-30-24-6-3-2-5-23(24)29-25(30)17-28-26(31)18-33-22-13-9-20(27)10-14-22/h2-3,5-14H,4,15-18H2,1H3,(H,28,31). The number of aromatic nitrogens is 2. The van der Waals surface area contributed by atoms with Gasteiger partial charge in [0.2, 0.25) is 0 Å². The molecule has 1 heterocycles. The Morgan fingerprint density at radius 3 is 2.45 bits per heavy atom. The van der Waals surface area contributed by atoms with Gasteiger partial charge in [-0.15, -0.1) is 0 Å². The zero-order valence-electron chi connectivity index (χ0n) is 18.5. The van der Waals surface area contributed by atoms with Gasteiger partial charge < -0.3 is 19.4 Å². The maximum Gasteiger partial charge on any atom is 0.258 e. The second-order valence-electron chi connectivity index (χ2n) is 7.70. The third kappa shape index (κ3) is 6.26. The number of para-hydroxylation sites is 2. The minimum atomic E-state index is -0.216. The minimum Gasteiger partial charge on any atom is -0.494 e. The molecule has 0 saturated carbocycles. The first-order valence-corrected chi connectivity index (χ1v) is 11.2. The molecule has 0 unspecified atom stereocenters. The fourth-order valence-corrected chi connectivity index (χ4v) is 3.59. The van der Waals surface area contributed by atoms with Gasteiger partial charge in [-0.25, -0.2) is 4.98 Å². The molecule has 0 aliphatic heterocycles. The van der Waals surface area contributed by atoms with Crippen LogP contribution < -0.4 is 14.8 Å². The average Bonchev–Trinajstić information content (AvgIpc) is 3.18. The first-order chi connectivity index (χ1) is 16.1. The van der Waals surface area contributed by atoms with Crippen molar-refractivity contribution in [2.75, 3.05) is 13.2 Å². The van der Waals surface area contributed by atoms with Crippen LogP contribution in [0.25, 0.3) is 11.0 Å². The van der Waals surface area contributed by atoms with Crippen LogP contribution in [0.1, 0.15) is 17.8 Å². The molecule has 4 rings (SSSR count). The molecule has 0 radical (unpaired) electrons. The van der Waals surface area contributed by atoms with E-state index in [2.05, 4.69) is 16.8 Å². The predicted octanol–water partition coefficient (Wildman–Crippen LogP) is 5.16. The Morgan fingerprint density at radius 1 is 0.970 bits per heavy atom. The summed E-state index contributed by atoms with van der Waals surface area (Å²) < 4.78 is 13.5. The van der Waals surface area contributed by atoms with E-state index < -0.39 is 0 Å². The first kappa shape index (κ1) is 22.7. The Labute approximate surface area is 198 Å². The topological polar surface area (TPSA) is 65.4 Å². The lowest BCUT2D eigenvalue weighted by molar-refractivity contribution is -0.123. The van der Waals surface area contributed by atoms with Crippen molar-refractivity contribution in [1.29, 1.82) is 0 Å². The van der Waals surface area contributed by atoms with E-state index in [4.69, 9.17) is 26.1 Å². The smallest absolute Gasteiger partial charge is 0.258 e. The Kier molecular flexibility index (Phi) is 7.47. The van der Waals surface area contributed by atoms with Crippen molar-refractivity contribution in [3.63, 3.8) is 0 Å². The quantitative estimate of drug-likeness (QED) is 0.330. The molecule has 0 spiro atoms. The predicted molar refractivity (Wildman–Crippen MR) is 130 cm³/mol. The number of nitrogens with one attached hydrogen (secondary N) is 1. The molecule has 0 fully saturated rings. The largest absolute Gasteiger partial charge is 0.494 e. The number of imidazole rings is 1. The fraction of sp³-hybridized carbons (Fsp3) is 0.231. The number of amides is 1. The van der Waals surface area contributed by atoms with Crippen LogP contribution in [0.2, 0.25) is 5.02 Å². The summed E-state index contributed by atoms with van der Waals surface area (Å²) in [6.45, 7) is 3.62. The molecule has 0 aliphatic rings. The molecule has 170 valence electrons. The number of carbonyl (C=O) groups is 1. The number of nitrogens with zero attached hydrogens (tertiary/aromatic N) is 2. The van der Waals surface area contributed by atoms with Crippen LogP contribution in [0.15, 0.2) is 72.8 Å². The average molecular weight is 464 g/mol. The second kappa shape index (κ2) is 10.9. The number of aryl methyl sites for hydroxylation is 2. The number of halogens is 1. The molecular weight excluding hydrogens is 438 g/mol. The molecule has 33 heavy (non-hydrogen) atoms. The van der Waals surface area contributed by atoms with Gasteiger partial charge in [-0.2, -0.15) is 0 Å². The molecule has 0 bridgehead atoms. The third-order valence-electron chi connectivity index (χ3n) is 5.18. The summed E-state index contributed by atoms with van der Waals surface area (Å²) in [4.78, 5) is 17.0. The lowest BCUT2D eigenvalue weighted by Crippen LogP contribution is -2.29. The number of hydrogen-bond acceptors (Lipinski definition) is 4. The number of ether oxygens (including phenoxy) is 2. The summed E-state index contributed by atoms with van der Waals surface area (Å²) in [5.74, 6) is 2.04. The highest BCUT2D eigenvalue weighted by atomic mass is 35.5. The minimum absolute atomic E-state index is 0.0771. The fourth-order valence-electron chi connectivity index (χ4n) is 3.47. The zero-order valence-corrected chi connectivity index (χ0v) is 19.2. The summed E-state index contributed by atoms with van der Waals surface area (Å²) in [6.07, 6.45) is 0.814. The van der Waals surface area contributed by atoms with Gasteiger partial charge in [-0.1, -0.05) is 41.4 Å². The highest BCUT2D eigenvalue weighted by Crippen LogP contribution is 2.18. The molecule has 1 amide bonds. The Morgan fingerprint density at radius 2 is 1.67 bits per heavy atom. The molecule has 6 nitrogen and oxygen atoms in total. The molecule has 7 heteroatoms. The van der Waals surface area contributed by atoms with Crippen LogP contribution >= 0.6 is 11.6 Å². The second-order valence-corrected chi connectivity index (χ2v) is 8.14. The van der Waals surface area contributed by atoms with Gasteiger partial charge in [0, 0.05) is 11.6 Å². The maximum atomic E-state index is 12.3. The molecule has 1 N–H and O–H groups in total. The summed E-state index contributed by atoms with van der Waals surface area (Å²) in [6, 6.07) is 22.9. The monoisotopic (exact) mass is 463 g/mol. The van der Waals surface area contributed by atoms with E-state index in [1.54, 1.807) is 24.3 Å². The van der Waals surface area contributed by atoms with Crippen LogP contribution in [0.4, 0.5) is 0 Å². The van der Waals surface area contributed by atoms with Gasteiger partial charge in [0.15, 0.2) is 6.61 Å². The summed E-state index contributed by atoms with van der Waals surface area (Å²) in [7, 11) is 0. The molecule has 1 aromatic heterocycles. The van der Waals surface area contributed by atoms with E-state index in [1.165, 1.54) is 5.56 Å². The SMILES string of the molecule is Cc1ccc(OCCCn2c(CNC(=O)COc3ccc(Cl)cc3)nc3ccccc32)cc1. The van der Waals surface area contributed by atoms with Crippen molar-refractivity contribution >= 4 is 28.5 Å². The summed E-state index contributed by atoms with van der Waals surface area (Å²) in [5, 5.41) is 3.52. The molecule has 0 saturated heterocycles. The number of fused-ring (bicyclic) bond motifs is 1. The van der Waals surface area contributed by atoms with Crippen molar-refractivity contribution in [1.82, 2.24) is 14.9 Å². The Balaban J connectivity index is 1.33. The molecule has 4 aromatic rings. The number of benzene rings is 3. The van der Waals surface area contributed by atoms with E-state index in [0.717, 1.165) is 35.6 Å². The van der Waals surface area contributed by atoms with Gasteiger partial charge in [-0.05, 0) is 61.9 Å². The molecule has 3 aromatic carbocycles. The van der Waals surface area contributed by atoms with E-state index >= 15 is 0 Å². The Bertz CT molecular complexity index is 1200. The highest BCUT2D eigenvalue weighted by molar-refractivity contribution is 6.30. The van der Waals surface area contributed by atoms with E-state index in [-0.39, 0.29) is 12.5 Å². The van der Waals surface area contributed by atoms with Crippen LogP contribution in [-0.2, 0) is 17.9 Å². The number of hydrogen-bond donors (Lipinski definition) is 1. The third-order valence-corrected chi connectivity index (χ3v) is 5.43. The normalized spacial score (nSPS) is 10.8. The maximum absolute atomic E-state index is 12.3. The molecule has 0 atom stereocenters. The molecule has 0 aliphatic carbocycles. The summed E-state index contributed by atoms with van der Waals surface area (Å²) in [5.41, 5.74) is 3.14. The van der Waals surface area contributed by atoms with Gasteiger partial charge in [0.25, 0.3) is 5.91 Å².